The molecule has 0 radical (unpaired) electrons. The highest BCUT2D eigenvalue weighted by Gasteiger charge is 2.16. The molecule has 0 atom stereocenters. The summed E-state index contributed by atoms with van der Waals surface area (Å²) in [5, 5.41) is 13.9. The third-order valence-corrected chi connectivity index (χ3v) is 8.66. The van der Waals surface area contributed by atoms with Crippen molar-refractivity contribution < 1.29 is 0 Å². The number of rotatable bonds is 4. The highest BCUT2D eigenvalue weighted by molar-refractivity contribution is 6.11. The Hall–Kier alpha value is -6.00. The number of pyridine rings is 1. The lowest BCUT2D eigenvalue weighted by atomic mass is 10.0. The number of hydrogen-bond acceptors (Lipinski definition) is 2. The van der Waals surface area contributed by atoms with E-state index >= 15 is 0 Å². The molecule has 0 amide bonds. The first-order valence-corrected chi connectivity index (χ1v) is 14.8. The normalized spacial score (nSPS) is 11.6. The molecule has 0 fully saturated rings. The maximum atomic E-state index is 4.59. The van der Waals surface area contributed by atoms with E-state index in [2.05, 4.69) is 171 Å². The Bertz CT molecular complexity index is 2370. The molecule has 0 saturated carbocycles. The minimum atomic E-state index is 0.833. The van der Waals surface area contributed by atoms with Crippen LogP contribution in [0.3, 0.4) is 0 Å². The van der Waals surface area contributed by atoms with Gasteiger partial charge in [-0.2, -0.15) is 0 Å². The molecule has 0 N–H and O–H groups in total. The van der Waals surface area contributed by atoms with Gasteiger partial charge in [0.05, 0.1) is 11.0 Å². The van der Waals surface area contributed by atoms with Crippen LogP contribution >= 0.6 is 0 Å². The first-order chi connectivity index (χ1) is 21.8. The molecule has 0 aliphatic carbocycles. The lowest BCUT2D eigenvalue weighted by molar-refractivity contribution is 1.11. The predicted molar refractivity (Wildman–Crippen MR) is 181 cm³/mol. The Morgan fingerprint density at radius 1 is 0.409 bits per heavy atom. The molecular formula is C40H26N4. The summed E-state index contributed by atoms with van der Waals surface area (Å²) in [6.07, 6.45) is 2.06. The van der Waals surface area contributed by atoms with Crippen LogP contribution in [0.4, 0.5) is 0 Å². The van der Waals surface area contributed by atoms with Crippen molar-refractivity contribution in [3.63, 3.8) is 0 Å². The van der Waals surface area contributed by atoms with Gasteiger partial charge >= 0.3 is 0 Å². The molecule has 0 saturated heterocycles. The van der Waals surface area contributed by atoms with Crippen LogP contribution in [0, 0.1) is 0 Å². The van der Waals surface area contributed by atoms with E-state index in [-0.39, 0.29) is 0 Å². The summed E-state index contributed by atoms with van der Waals surface area (Å²) < 4.78 is 4.45. The minimum Gasteiger partial charge on any atom is -0.309 e. The molecule has 3 aromatic heterocycles. The quantitative estimate of drug-likeness (QED) is 0.214. The van der Waals surface area contributed by atoms with Crippen molar-refractivity contribution in [1.29, 1.82) is 0 Å². The van der Waals surface area contributed by atoms with Crippen LogP contribution in [0.2, 0.25) is 0 Å². The number of aromatic nitrogens is 4. The van der Waals surface area contributed by atoms with Crippen molar-refractivity contribution in [2.75, 3.05) is 0 Å². The van der Waals surface area contributed by atoms with Crippen LogP contribution in [0.1, 0.15) is 0 Å². The van der Waals surface area contributed by atoms with E-state index in [0.717, 1.165) is 33.5 Å². The minimum absolute atomic E-state index is 0.833. The van der Waals surface area contributed by atoms with Crippen LogP contribution in [0.25, 0.3) is 77.6 Å². The topological polar surface area (TPSA) is 35.1 Å². The first kappa shape index (κ1) is 24.6. The van der Waals surface area contributed by atoms with E-state index in [1.165, 1.54) is 44.1 Å². The zero-order valence-corrected chi connectivity index (χ0v) is 23.8. The number of benzene rings is 6. The summed E-state index contributed by atoms with van der Waals surface area (Å²) in [6, 6.07) is 53.9. The molecule has 206 valence electrons. The SMILES string of the molecule is c1ccc(-c2ccc3c(c2)c2cc(-c4ccccc4)ccc2n3-c2ccc(-c3nnc4c5ccccc5ccn34)cc2)cc1. The molecule has 0 aliphatic heterocycles. The highest BCUT2D eigenvalue weighted by Crippen LogP contribution is 2.37. The average Bonchev–Trinajstić information content (AvgIpc) is 3.68. The summed E-state index contributed by atoms with van der Waals surface area (Å²) in [7, 11) is 0. The molecule has 6 aromatic carbocycles. The van der Waals surface area contributed by atoms with Crippen molar-refractivity contribution in [2.45, 2.75) is 0 Å². The zero-order valence-electron chi connectivity index (χ0n) is 23.8. The molecule has 0 unspecified atom stereocenters. The Kier molecular flexibility index (Phi) is 5.47. The van der Waals surface area contributed by atoms with Gasteiger partial charge in [0.25, 0.3) is 0 Å². The Balaban J connectivity index is 1.21. The fourth-order valence-electron chi connectivity index (χ4n) is 6.50. The fraction of sp³-hybridized carbons (Fsp3) is 0. The second-order valence-electron chi connectivity index (χ2n) is 11.2. The van der Waals surface area contributed by atoms with Gasteiger partial charge in [0.1, 0.15) is 0 Å². The van der Waals surface area contributed by atoms with E-state index < -0.39 is 0 Å². The van der Waals surface area contributed by atoms with E-state index in [0.29, 0.717) is 0 Å². The number of nitrogens with zero attached hydrogens (tertiary/aromatic N) is 4. The van der Waals surface area contributed by atoms with Crippen molar-refractivity contribution in [3.8, 4) is 39.3 Å². The van der Waals surface area contributed by atoms with Crippen molar-refractivity contribution in [2.24, 2.45) is 0 Å². The smallest absolute Gasteiger partial charge is 0.168 e. The molecular weight excluding hydrogens is 536 g/mol. The lowest BCUT2D eigenvalue weighted by Gasteiger charge is -2.10. The van der Waals surface area contributed by atoms with Gasteiger partial charge in [-0.1, -0.05) is 97.1 Å². The maximum absolute atomic E-state index is 4.59. The summed E-state index contributed by atoms with van der Waals surface area (Å²) in [5.74, 6) is 0.833. The second-order valence-corrected chi connectivity index (χ2v) is 11.2. The maximum Gasteiger partial charge on any atom is 0.168 e. The lowest BCUT2D eigenvalue weighted by Crippen LogP contribution is -1.95. The molecule has 0 spiro atoms. The molecule has 9 rings (SSSR count). The summed E-state index contributed by atoms with van der Waals surface area (Å²) >= 11 is 0. The molecule has 0 bridgehead atoms. The van der Waals surface area contributed by atoms with Gasteiger partial charge in [-0.15, -0.1) is 10.2 Å². The van der Waals surface area contributed by atoms with Gasteiger partial charge in [-0.05, 0) is 82.2 Å². The van der Waals surface area contributed by atoms with Crippen LogP contribution in [0.15, 0.2) is 158 Å². The standard InChI is InChI=1S/C40H26N4/c1-3-9-27(10-4-1)31-17-21-37-35(25-31)36-26-32(28-11-5-2-6-12-28)18-22-38(36)44(37)33-19-15-30(16-20-33)39-41-42-40-34-14-8-7-13-29(34)23-24-43(39)40/h1-26H. The first-order valence-electron chi connectivity index (χ1n) is 14.8. The van der Waals surface area contributed by atoms with E-state index in [9.17, 15) is 0 Å². The molecule has 9 aromatic rings. The monoisotopic (exact) mass is 562 g/mol. The van der Waals surface area contributed by atoms with Crippen LogP contribution in [-0.4, -0.2) is 19.2 Å². The predicted octanol–water partition coefficient (Wildman–Crippen LogP) is 9.98. The molecule has 4 nitrogen and oxygen atoms in total. The van der Waals surface area contributed by atoms with Crippen LogP contribution < -0.4 is 0 Å². The number of hydrogen-bond donors (Lipinski definition) is 0. The van der Waals surface area contributed by atoms with Crippen molar-refractivity contribution in [3.05, 3.63) is 158 Å². The molecule has 44 heavy (non-hydrogen) atoms. The van der Waals surface area contributed by atoms with Crippen LogP contribution in [-0.2, 0) is 0 Å². The summed E-state index contributed by atoms with van der Waals surface area (Å²) in [4.78, 5) is 0. The van der Waals surface area contributed by atoms with Gasteiger partial charge in [-0.3, -0.25) is 4.40 Å². The van der Waals surface area contributed by atoms with Crippen molar-refractivity contribution in [1.82, 2.24) is 19.2 Å². The molecule has 3 heterocycles. The third kappa shape index (κ3) is 3.85. The largest absolute Gasteiger partial charge is 0.309 e. The Morgan fingerprint density at radius 3 is 1.61 bits per heavy atom. The van der Waals surface area contributed by atoms with Gasteiger partial charge in [0.15, 0.2) is 11.5 Å². The van der Waals surface area contributed by atoms with Gasteiger partial charge < -0.3 is 4.57 Å². The fourth-order valence-corrected chi connectivity index (χ4v) is 6.50. The Labute approximate surface area is 254 Å². The third-order valence-electron chi connectivity index (χ3n) is 8.66. The summed E-state index contributed by atoms with van der Waals surface area (Å²) in [5.41, 5.74) is 10.2. The van der Waals surface area contributed by atoms with E-state index in [1.807, 2.05) is 6.07 Å². The van der Waals surface area contributed by atoms with Gasteiger partial charge in [-0.25, -0.2) is 0 Å². The Morgan fingerprint density at radius 2 is 0.977 bits per heavy atom. The van der Waals surface area contributed by atoms with Gasteiger partial charge in [0.2, 0.25) is 0 Å². The van der Waals surface area contributed by atoms with Crippen molar-refractivity contribution >= 4 is 38.2 Å². The highest BCUT2D eigenvalue weighted by atomic mass is 15.2. The molecule has 0 aliphatic rings. The molecule has 4 heteroatoms. The van der Waals surface area contributed by atoms with Gasteiger partial charge in [0, 0.05) is 33.6 Å². The number of fused-ring (bicyclic) bond motifs is 6. The second kappa shape index (κ2) is 9.79. The van der Waals surface area contributed by atoms with Crippen LogP contribution in [0.5, 0.6) is 0 Å². The summed E-state index contributed by atoms with van der Waals surface area (Å²) in [6.45, 7) is 0. The van der Waals surface area contributed by atoms with E-state index in [4.69, 9.17) is 0 Å². The average molecular weight is 563 g/mol. The zero-order chi connectivity index (χ0) is 29.0. The van der Waals surface area contributed by atoms with E-state index in [1.54, 1.807) is 0 Å².